The average Bonchev–Trinajstić information content (AvgIpc) is 3.21. The Hall–Kier alpha value is -3.21. The molecule has 0 aromatic heterocycles. The van der Waals surface area contributed by atoms with E-state index in [1.807, 2.05) is 0 Å². The van der Waals surface area contributed by atoms with Gasteiger partial charge in [0.1, 0.15) is 5.54 Å². The lowest BCUT2D eigenvalue weighted by Crippen LogP contribution is -2.62. The van der Waals surface area contributed by atoms with Gasteiger partial charge in [0.25, 0.3) is 21.6 Å². The molecule has 1 heterocycles. The van der Waals surface area contributed by atoms with Crippen LogP contribution in [0, 0.1) is 10.1 Å². The molecule has 1 aliphatic heterocycles. The van der Waals surface area contributed by atoms with Gasteiger partial charge in [-0.1, -0.05) is 18.2 Å². The van der Waals surface area contributed by atoms with E-state index in [0.29, 0.717) is 12.0 Å². The lowest BCUT2D eigenvalue weighted by molar-refractivity contribution is -0.387. The number of carbonyl (C=O) groups is 2. The van der Waals surface area contributed by atoms with E-state index in [9.17, 15) is 28.1 Å². The maximum Gasteiger partial charge on any atom is 0.289 e. The minimum absolute atomic E-state index is 0.0259. The van der Waals surface area contributed by atoms with Crippen molar-refractivity contribution in [1.29, 1.82) is 0 Å². The Morgan fingerprint density at radius 3 is 2.42 bits per heavy atom. The third-order valence-corrected chi connectivity index (χ3v) is 6.89. The third-order valence-electron chi connectivity index (χ3n) is 5.09. The number of allylic oxidation sites excluding steroid dienone is 1. The molecule has 1 unspecified atom stereocenters. The van der Waals surface area contributed by atoms with Crippen LogP contribution in [0.15, 0.2) is 53.6 Å². The number of hydrogen-bond acceptors (Lipinski definition) is 6. The predicted octanol–water partition coefficient (Wildman–Crippen LogP) is 2.63. The second kappa shape index (κ2) is 9.74. The molecule has 2 rings (SSSR count). The van der Waals surface area contributed by atoms with Crippen LogP contribution in [0.2, 0.25) is 0 Å². The SMILES string of the molecule is C=CCCC(NC(C)=O)(C(=O)NC(C)(C)C)C1=CN(S(=O)(=O)c2ccccc2[N+](=O)[O-])CC1. The molecule has 0 bridgehead atoms. The van der Waals surface area contributed by atoms with Crippen LogP contribution < -0.4 is 10.6 Å². The van der Waals surface area contributed by atoms with Crippen molar-refractivity contribution in [1.82, 2.24) is 14.9 Å². The van der Waals surface area contributed by atoms with Crippen molar-refractivity contribution in [3.8, 4) is 0 Å². The van der Waals surface area contributed by atoms with Gasteiger partial charge in [-0.3, -0.25) is 24.0 Å². The van der Waals surface area contributed by atoms with Crippen molar-refractivity contribution < 1.29 is 22.9 Å². The van der Waals surface area contributed by atoms with Crippen molar-refractivity contribution in [2.75, 3.05) is 6.54 Å². The topological polar surface area (TPSA) is 139 Å². The Kier molecular flexibility index (Phi) is 7.68. The van der Waals surface area contributed by atoms with E-state index in [4.69, 9.17) is 0 Å². The van der Waals surface area contributed by atoms with E-state index in [1.165, 1.54) is 31.3 Å². The van der Waals surface area contributed by atoms with Gasteiger partial charge in [-0.25, -0.2) is 8.42 Å². The number of sulfonamides is 1. The molecule has 1 aliphatic rings. The van der Waals surface area contributed by atoms with Gasteiger partial charge in [-0.15, -0.1) is 6.58 Å². The van der Waals surface area contributed by atoms with E-state index in [0.717, 1.165) is 10.4 Å². The van der Waals surface area contributed by atoms with Gasteiger partial charge in [-0.2, -0.15) is 0 Å². The smallest absolute Gasteiger partial charge is 0.289 e. The summed E-state index contributed by atoms with van der Waals surface area (Å²) in [5.41, 5.74) is -2.25. The molecule has 1 aromatic rings. The van der Waals surface area contributed by atoms with E-state index in [2.05, 4.69) is 17.2 Å². The molecular formula is C22H30N4O6S. The molecule has 1 atom stereocenters. The average molecular weight is 479 g/mol. The molecule has 10 nitrogen and oxygen atoms in total. The summed E-state index contributed by atoms with van der Waals surface area (Å²) in [7, 11) is -4.27. The molecule has 1 aromatic carbocycles. The Morgan fingerprint density at radius 1 is 1.24 bits per heavy atom. The number of carbonyl (C=O) groups excluding carboxylic acids is 2. The summed E-state index contributed by atoms with van der Waals surface area (Å²) in [6.07, 6.45) is 3.62. The van der Waals surface area contributed by atoms with Crippen molar-refractivity contribution in [2.24, 2.45) is 0 Å². The zero-order valence-corrected chi connectivity index (χ0v) is 20.1. The molecule has 0 aliphatic carbocycles. The van der Waals surface area contributed by atoms with Gasteiger partial charge in [0.15, 0.2) is 4.90 Å². The number of rotatable bonds is 9. The fourth-order valence-corrected chi connectivity index (χ4v) is 5.19. The summed E-state index contributed by atoms with van der Waals surface area (Å²) < 4.78 is 27.5. The first kappa shape index (κ1) is 26.0. The first-order valence-electron chi connectivity index (χ1n) is 10.4. The predicted molar refractivity (Wildman–Crippen MR) is 124 cm³/mol. The van der Waals surface area contributed by atoms with Crippen molar-refractivity contribution in [2.45, 2.75) is 62.9 Å². The van der Waals surface area contributed by atoms with Gasteiger partial charge >= 0.3 is 0 Å². The summed E-state index contributed by atoms with van der Waals surface area (Å²) in [5, 5.41) is 17.0. The number of para-hydroxylation sites is 1. The van der Waals surface area contributed by atoms with E-state index >= 15 is 0 Å². The van der Waals surface area contributed by atoms with Crippen LogP contribution in [0.4, 0.5) is 5.69 Å². The van der Waals surface area contributed by atoms with Gasteiger partial charge in [0, 0.05) is 31.3 Å². The lowest BCUT2D eigenvalue weighted by atomic mass is 9.82. The van der Waals surface area contributed by atoms with E-state index in [1.54, 1.807) is 26.8 Å². The second-order valence-corrected chi connectivity index (χ2v) is 10.7. The molecule has 0 radical (unpaired) electrons. The van der Waals surface area contributed by atoms with Crippen molar-refractivity contribution in [3.63, 3.8) is 0 Å². The van der Waals surface area contributed by atoms with E-state index in [-0.39, 0.29) is 19.4 Å². The summed E-state index contributed by atoms with van der Waals surface area (Å²) >= 11 is 0. The largest absolute Gasteiger partial charge is 0.349 e. The molecule has 33 heavy (non-hydrogen) atoms. The molecule has 0 spiro atoms. The molecule has 0 saturated heterocycles. The number of nitro groups is 1. The maximum absolute atomic E-state index is 13.4. The van der Waals surface area contributed by atoms with Gasteiger partial charge in [0.2, 0.25) is 5.91 Å². The molecule has 0 saturated carbocycles. The van der Waals surface area contributed by atoms with Gasteiger partial charge in [-0.05, 0) is 51.7 Å². The number of nitrogens with zero attached hydrogens (tertiary/aromatic N) is 2. The first-order valence-corrected chi connectivity index (χ1v) is 11.9. The molecule has 11 heteroatoms. The number of amides is 2. The molecular weight excluding hydrogens is 448 g/mol. The van der Waals surface area contributed by atoms with Crippen LogP contribution in [0.5, 0.6) is 0 Å². The summed E-state index contributed by atoms with van der Waals surface area (Å²) in [6, 6.07) is 5.08. The van der Waals surface area contributed by atoms with Crippen LogP contribution in [0.3, 0.4) is 0 Å². The zero-order chi connectivity index (χ0) is 25.0. The van der Waals surface area contributed by atoms with Crippen LogP contribution in [0.1, 0.15) is 47.0 Å². The van der Waals surface area contributed by atoms with E-state index < -0.39 is 48.4 Å². The second-order valence-electron chi connectivity index (χ2n) is 8.86. The monoisotopic (exact) mass is 478 g/mol. The Balaban J connectivity index is 2.59. The Bertz CT molecular complexity index is 1090. The van der Waals surface area contributed by atoms with Gasteiger partial charge < -0.3 is 10.6 Å². The minimum atomic E-state index is -4.27. The fraction of sp³-hybridized carbons (Fsp3) is 0.455. The highest BCUT2D eigenvalue weighted by Crippen LogP contribution is 2.35. The van der Waals surface area contributed by atoms with Crippen LogP contribution >= 0.6 is 0 Å². The lowest BCUT2D eigenvalue weighted by Gasteiger charge is -2.37. The number of hydrogen-bond donors (Lipinski definition) is 2. The van der Waals surface area contributed by atoms with Crippen LogP contribution in [0.25, 0.3) is 0 Å². The molecule has 2 amide bonds. The third kappa shape index (κ3) is 5.78. The highest BCUT2D eigenvalue weighted by Gasteiger charge is 2.46. The highest BCUT2D eigenvalue weighted by molar-refractivity contribution is 7.89. The summed E-state index contributed by atoms with van der Waals surface area (Å²) in [4.78, 5) is 35.7. The Morgan fingerprint density at radius 2 is 1.88 bits per heavy atom. The van der Waals surface area contributed by atoms with Crippen molar-refractivity contribution >= 4 is 27.5 Å². The van der Waals surface area contributed by atoms with Gasteiger partial charge in [0.05, 0.1) is 4.92 Å². The van der Waals surface area contributed by atoms with Crippen molar-refractivity contribution in [3.05, 3.63) is 58.8 Å². The normalized spacial score (nSPS) is 15.9. The molecule has 2 N–H and O–H groups in total. The van der Waals surface area contributed by atoms with Crippen LogP contribution in [-0.4, -0.2) is 47.1 Å². The number of nitrogens with one attached hydrogen (secondary N) is 2. The fourth-order valence-electron chi connectivity index (χ4n) is 3.68. The number of benzene rings is 1. The standard InChI is InChI=1S/C22H30N4O6S/c1-6-7-13-22(23-16(2)27,20(28)24-21(3,4)5)17-12-14-25(15-17)33(31,32)19-11-9-8-10-18(19)26(29)30/h6,8-11,15H,1,7,12-14H2,2-5H3,(H,23,27)(H,24,28). The number of nitro benzene ring substituents is 1. The highest BCUT2D eigenvalue weighted by atomic mass is 32.2. The zero-order valence-electron chi connectivity index (χ0n) is 19.3. The quantitative estimate of drug-likeness (QED) is 0.318. The summed E-state index contributed by atoms with van der Waals surface area (Å²) in [5.74, 6) is -0.924. The molecule has 0 fully saturated rings. The van der Waals surface area contributed by atoms with Crippen LogP contribution in [-0.2, 0) is 19.6 Å². The summed E-state index contributed by atoms with van der Waals surface area (Å²) in [6.45, 7) is 10.3. The minimum Gasteiger partial charge on any atom is -0.349 e. The maximum atomic E-state index is 13.4. The molecule has 180 valence electrons. The first-order chi connectivity index (χ1) is 15.2. The Labute approximate surface area is 193 Å².